The van der Waals surface area contributed by atoms with Gasteiger partial charge in [0.15, 0.2) is 5.65 Å². The molecule has 0 aliphatic carbocycles. The summed E-state index contributed by atoms with van der Waals surface area (Å²) in [7, 11) is 1.99. The molecule has 2 aromatic heterocycles. The fourth-order valence-electron chi connectivity index (χ4n) is 2.43. The smallest absolute Gasteiger partial charge is 0.178 e. The van der Waals surface area contributed by atoms with Crippen molar-refractivity contribution in [1.82, 2.24) is 14.5 Å². The van der Waals surface area contributed by atoms with Crippen LogP contribution in [0.3, 0.4) is 0 Å². The van der Waals surface area contributed by atoms with Crippen molar-refractivity contribution in [3.8, 4) is 11.4 Å². The predicted octanol–water partition coefficient (Wildman–Crippen LogP) is 2.83. The van der Waals surface area contributed by atoms with Crippen LogP contribution in [0.5, 0.6) is 0 Å². The molecular formula is C15H16N4. The quantitative estimate of drug-likeness (QED) is 0.677. The number of nitrogens with two attached hydrogens (primary N) is 1. The van der Waals surface area contributed by atoms with Gasteiger partial charge in [0.25, 0.3) is 0 Å². The maximum absolute atomic E-state index is 6.20. The largest absolute Gasteiger partial charge is 0.398 e. The van der Waals surface area contributed by atoms with E-state index in [1.807, 2.05) is 30.7 Å². The molecule has 0 bridgehead atoms. The van der Waals surface area contributed by atoms with E-state index in [0.29, 0.717) is 0 Å². The lowest BCUT2D eigenvalue weighted by atomic mass is 10.0. The van der Waals surface area contributed by atoms with Gasteiger partial charge in [0.2, 0.25) is 0 Å². The topological polar surface area (TPSA) is 56.7 Å². The van der Waals surface area contributed by atoms with Crippen molar-refractivity contribution in [2.45, 2.75) is 13.8 Å². The highest BCUT2D eigenvalue weighted by atomic mass is 15.1. The highest BCUT2D eigenvalue weighted by molar-refractivity contribution is 5.82. The number of aromatic nitrogens is 3. The zero-order valence-electron chi connectivity index (χ0n) is 11.3. The van der Waals surface area contributed by atoms with Crippen LogP contribution >= 0.6 is 0 Å². The van der Waals surface area contributed by atoms with Gasteiger partial charge in [-0.15, -0.1) is 0 Å². The molecule has 0 saturated heterocycles. The number of imidazole rings is 1. The van der Waals surface area contributed by atoms with E-state index in [9.17, 15) is 0 Å². The van der Waals surface area contributed by atoms with Gasteiger partial charge in [-0.2, -0.15) is 0 Å². The van der Waals surface area contributed by atoms with E-state index in [1.165, 1.54) is 5.56 Å². The SMILES string of the molecule is Cc1cc(C)c(N)c(-c2nc3ncccc3n2C)c1. The van der Waals surface area contributed by atoms with Crippen LogP contribution in [0.15, 0.2) is 30.5 Å². The Balaban J connectivity index is 2.33. The summed E-state index contributed by atoms with van der Waals surface area (Å²) < 4.78 is 2.03. The molecule has 0 unspecified atom stereocenters. The lowest BCUT2D eigenvalue weighted by Crippen LogP contribution is -1.99. The number of hydrogen-bond acceptors (Lipinski definition) is 3. The number of fused-ring (bicyclic) bond motifs is 1. The molecule has 0 spiro atoms. The first-order chi connectivity index (χ1) is 9.08. The maximum atomic E-state index is 6.20. The Morgan fingerprint density at radius 2 is 2.00 bits per heavy atom. The van der Waals surface area contributed by atoms with Crippen LogP contribution in [0, 0.1) is 13.8 Å². The minimum atomic E-state index is 0.749. The molecule has 2 heterocycles. The average molecular weight is 252 g/mol. The first kappa shape index (κ1) is 11.7. The molecule has 96 valence electrons. The molecule has 19 heavy (non-hydrogen) atoms. The van der Waals surface area contributed by atoms with Crippen LogP contribution in [0.1, 0.15) is 11.1 Å². The summed E-state index contributed by atoms with van der Waals surface area (Å²) in [6.07, 6.45) is 1.75. The first-order valence-corrected chi connectivity index (χ1v) is 6.22. The van der Waals surface area contributed by atoms with Gasteiger partial charge in [-0.1, -0.05) is 6.07 Å². The molecule has 0 fully saturated rings. The van der Waals surface area contributed by atoms with E-state index in [4.69, 9.17) is 5.73 Å². The van der Waals surface area contributed by atoms with Crippen LogP contribution in [-0.2, 0) is 7.05 Å². The highest BCUT2D eigenvalue weighted by Crippen LogP contribution is 2.30. The first-order valence-electron chi connectivity index (χ1n) is 6.22. The molecule has 1 aromatic carbocycles. The zero-order chi connectivity index (χ0) is 13.6. The molecule has 0 atom stereocenters. The molecule has 0 aliphatic rings. The van der Waals surface area contributed by atoms with E-state index in [0.717, 1.165) is 33.8 Å². The van der Waals surface area contributed by atoms with Gasteiger partial charge in [-0.25, -0.2) is 9.97 Å². The monoisotopic (exact) mass is 252 g/mol. The Morgan fingerprint density at radius 3 is 2.74 bits per heavy atom. The molecule has 0 saturated carbocycles. The zero-order valence-corrected chi connectivity index (χ0v) is 11.3. The molecule has 2 N–H and O–H groups in total. The Labute approximate surface area is 111 Å². The highest BCUT2D eigenvalue weighted by Gasteiger charge is 2.14. The van der Waals surface area contributed by atoms with Crippen molar-refractivity contribution in [2.75, 3.05) is 5.73 Å². The van der Waals surface area contributed by atoms with Crippen molar-refractivity contribution in [3.05, 3.63) is 41.6 Å². The molecule has 4 nitrogen and oxygen atoms in total. The van der Waals surface area contributed by atoms with Gasteiger partial charge < -0.3 is 10.3 Å². The number of hydrogen-bond donors (Lipinski definition) is 1. The Hall–Kier alpha value is -2.36. The van der Waals surface area contributed by atoms with E-state index in [1.54, 1.807) is 6.20 Å². The Bertz CT molecular complexity index is 771. The second-order valence-electron chi connectivity index (χ2n) is 4.88. The third kappa shape index (κ3) is 1.76. The standard InChI is InChI=1S/C15H16N4/c1-9-7-10(2)13(16)11(8-9)15-18-14-12(19(15)3)5-4-6-17-14/h4-8H,16H2,1-3H3. The molecule has 3 aromatic rings. The van der Waals surface area contributed by atoms with Gasteiger partial charge in [-0.3, -0.25) is 0 Å². The number of pyridine rings is 1. The molecule has 0 amide bonds. The summed E-state index contributed by atoms with van der Waals surface area (Å²) in [6.45, 7) is 4.09. The number of nitrogens with zero attached hydrogens (tertiary/aromatic N) is 3. The second-order valence-corrected chi connectivity index (χ2v) is 4.88. The minimum Gasteiger partial charge on any atom is -0.398 e. The third-order valence-electron chi connectivity index (χ3n) is 3.43. The summed E-state index contributed by atoms with van der Waals surface area (Å²) in [6, 6.07) is 8.08. The number of benzene rings is 1. The third-order valence-corrected chi connectivity index (χ3v) is 3.43. The number of nitrogen functional groups attached to an aromatic ring is 1. The van der Waals surface area contributed by atoms with Crippen LogP contribution < -0.4 is 5.73 Å². The van der Waals surface area contributed by atoms with Crippen LogP contribution in [0.25, 0.3) is 22.6 Å². The van der Waals surface area contributed by atoms with Gasteiger partial charge in [0.1, 0.15) is 5.82 Å². The van der Waals surface area contributed by atoms with Gasteiger partial charge in [-0.05, 0) is 43.2 Å². The van der Waals surface area contributed by atoms with E-state index in [2.05, 4.69) is 29.0 Å². The van der Waals surface area contributed by atoms with Crippen molar-refractivity contribution in [1.29, 1.82) is 0 Å². The Morgan fingerprint density at radius 1 is 1.21 bits per heavy atom. The molecular weight excluding hydrogens is 236 g/mol. The van der Waals surface area contributed by atoms with Crippen LogP contribution in [-0.4, -0.2) is 14.5 Å². The fourth-order valence-corrected chi connectivity index (χ4v) is 2.43. The normalized spacial score (nSPS) is 11.1. The minimum absolute atomic E-state index is 0.749. The Kier molecular flexibility index (Phi) is 2.52. The molecule has 0 radical (unpaired) electrons. The van der Waals surface area contributed by atoms with Gasteiger partial charge in [0, 0.05) is 24.5 Å². The van der Waals surface area contributed by atoms with E-state index >= 15 is 0 Å². The van der Waals surface area contributed by atoms with Crippen molar-refractivity contribution in [2.24, 2.45) is 7.05 Å². The summed E-state index contributed by atoms with van der Waals surface area (Å²) in [5.41, 5.74) is 12.0. The summed E-state index contributed by atoms with van der Waals surface area (Å²) >= 11 is 0. The maximum Gasteiger partial charge on any atom is 0.178 e. The summed E-state index contributed by atoms with van der Waals surface area (Å²) in [5, 5.41) is 0. The van der Waals surface area contributed by atoms with Crippen LogP contribution in [0.2, 0.25) is 0 Å². The van der Waals surface area contributed by atoms with E-state index in [-0.39, 0.29) is 0 Å². The molecule has 0 aliphatic heterocycles. The van der Waals surface area contributed by atoms with Crippen LogP contribution in [0.4, 0.5) is 5.69 Å². The lowest BCUT2D eigenvalue weighted by molar-refractivity contribution is 0.959. The fraction of sp³-hybridized carbons (Fsp3) is 0.200. The summed E-state index contributed by atoms with van der Waals surface area (Å²) in [4.78, 5) is 8.89. The van der Waals surface area contributed by atoms with Crippen molar-refractivity contribution in [3.63, 3.8) is 0 Å². The van der Waals surface area contributed by atoms with Gasteiger partial charge in [0.05, 0.1) is 5.52 Å². The van der Waals surface area contributed by atoms with Gasteiger partial charge >= 0.3 is 0 Å². The molecule has 3 rings (SSSR count). The number of aryl methyl sites for hydroxylation is 3. The average Bonchev–Trinajstić information content (AvgIpc) is 2.72. The summed E-state index contributed by atoms with van der Waals surface area (Å²) in [5.74, 6) is 0.859. The van der Waals surface area contributed by atoms with Crippen molar-refractivity contribution < 1.29 is 0 Å². The molecule has 4 heteroatoms. The van der Waals surface area contributed by atoms with Crippen molar-refractivity contribution >= 4 is 16.9 Å². The second kappa shape index (κ2) is 4.09. The van der Waals surface area contributed by atoms with E-state index < -0.39 is 0 Å². The predicted molar refractivity (Wildman–Crippen MR) is 77.8 cm³/mol. The number of rotatable bonds is 1. The number of anilines is 1. The lowest BCUT2D eigenvalue weighted by Gasteiger charge is -2.10.